The summed E-state index contributed by atoms with van der Waals surface area (Å²) in [7, 11) is 0. The third-order valence-corrected chi connectivity index (χ3v) is 9.16. The predicted octanol–water partition coefficient (Wildman–Crippen LogP) is 11.2. The monoisotopic (exact) mass is 653 g/mol. The Morgan fingerprint density at radius 2 is 0.902 bits per heavy atom. The molecule has 0 N–H and O–H groups in total. The summed E-state index contributed by atoms with van der Waals surface area (Å²) in [6.07, 6.45) is 3.55. The highest BCUT2D eigenvalue weighted by Gasteiger charge is 2.15. The molecule has 0 unspecified atom stereocenters. The van der Waals surface area contributed by atoms with Crippen molar-refractivity contribution in [2.45, 2.75) is 0 Å². The summed E-state index contributed by atoms with van der Waals surface area (Å²) in [5, 5.41) is 0. The molecule has 0 atom stereocenters. The summed E-state index contributed by atoms with van der Waals surface area (Å²) in [5.41, 5.74) is 13.4. The maximum absolute atomic E-state index is 5.06. The van der Waals surface area contributed by atoms with Crippen LogP contribution >= 0.6 is 0 Å². The van der Waals surface area contributed by atoms with Crippen molar-refractivity contribution < 1.29 is 0 Å². The van der Waals surface area contributed by atoms with Crippen LogP contribution < -0.4 is 0 Å². The van der Waals surface area contributed by atoms with E-state index in [9.17, 15) is 0 Å². The number of para-hydroxylation sites is 3. The van der Waals surface area contributed by atoms with Gasteiger partial charge in [-0.25, -0.2) is 15.0 Å². The van der Waals surface area contributed by atoms with Crippen molar-refractivity contribution in [2.75, 3.05) is 0 Å². The third kappa shape index (κ3) is 5.98. The number of aromatic nitrogens is 5. The minimum absolute atomic E-state index is 0.660. The molecule has 51 heavy (non-hydrogen) atoms. The van der Waals surface area contributed by atoms with Crippen molar-refractivity contribution in [3.8, 4) is 73.2 Å². The Hall–Kier alpha value is -6.98. The van der Waals surface area contributed by atoms with Gasteiger partial charge in [0, 0.05) is 40.3 Å². The fraction of sp³-hybridized carbons (Fsp3) is 0. The topological polar surface area (TPSA) is 56.5 Å². The molecule has 9 aromatic rings. The number of pyridine rings is 1. The van der Waals surface area contributed by atoms with Gasteiger partial charge in [-0.2, -0.15) is 0 Å². The van der Waals surface area contributed by atoms with E-state index in [2.05, 4.69) is 155 Å². The molecule has 0 saturated heterocycles. The number of hydrogen-bond donors (Lipinski definition) is 0. The van der Waals surface area contributed by atoms with Crippen molar-refractivity contribution in [1.29, 1.82) is 0 Å². The zero-order valence-corrected chi connectivity index (χ0v) is 27.6. The van der Waals surface area contributed by atoms with E-state index in [0.29, 0.717) is 5.82 Å². The second-order valence-electron chi connectivity index (χ2n) is 12.4. The van der Waals surface area contributed by atoms with Crippen LogP contribution in [-0.2, 0) is 0 Å². The molecule has 0 radical (unpaired) electrons. The van der Waals surface area contributed by atoms with Crippen molar-refractivity contribution in [2.24, 2.45) is 0 Å². The van der Waals surface area contributed by atoms with Crippen molar-refractivity contribution >= 4 is 11.0 Å². The van der Waals surface area contributed by atoms with Crippen molar-refractivity contribution in [3.63, 3.8) is 0 Å². The fourth-order valence-electron chi connectivity index (χ4n) is 6.57. The van der Waals surface area contributed by atoms with Gasteiger partial charge in [0.15, 0.2) is 5.82 Å². The number of hydrogen-bond acceptors (Lipinski definition) is 4. The molecule has 6 aromatic carbocycles. The Balaban J connectivity index is 1.08. The first kappa shape index (κ1) is 30.1. The quantitative estimate of drug-likeness (QED) is 0.172. The fourth-order valence-corrected chi connectivity index (χ4v) is 6.57. The number of benzene rings is 6. The van der Waals surface area contributed by atoms with Gasteiger partial charge in [-0.05, 0) is 70.8 Å². The highest BCUT2D eigenvalue weighted by molar-refractivity contribution is 5.84. The minimum Gasteiger partial charge on any atom is -0.292 e. The lowest BCUT2D eigenvalue weighted by Crippen LogP contribution is -1.97. The van der Waals surface area contributed by atoms with Crippen LogP contribution in [0.5, 0.6) is 0 Å². The van der Waals surface area contributed by atoms with E-state index < -0.39 is 0 Å². The standard InChI is InChI=1S/C46H31N5/c1-3-10-32(11-4-1)33-18-22-35(23-19-33)42-31-43(49-45(48-42)36-26-28-47-29-27-36)39-13-9-12-38(30-39)34-20-24-37(25-21-34)46-50-41-16-7-8-17-44(41)51(46)40-14-5-2-6-15-40/h1-31H. The van der Waals surface area contributed by atoms with Crippen LogP contribution in [0.15, 0.2) is 188 Å². The molecule has 3 heterocycles. The number of fused-ring (bicyclic) bond motifs is 1. The number of imidazole rings is 1. The van der Waals surface area contributed by atoms with Gasteiger partial charge in [-0.15, -0.1) is 0 Å². The van der Waals surface area contributed by atoms with E-state index in [1.807, 2.05) is 30.3 Å². The Kier molecular flexibility index (Phi) is 7.76. The first-order valence-corrected chi connectivity index (χ1v) is 17.0. The molecule has 0 bridgehead atoms. The zero-order valence-electron chi connectivity index (χ0n) is 27.6. The molecule has 240 valence electrons. The molecule has 0 fully saturated rings. The molecule has 5 heteroatoms. The molecular formula is C46H31N5. The van der Waals surface area contributed by atoms with E-state index >= 15 is 0 Å². The van der Waals surface area contributed by atoms with Crippen LogP contribution in [0.2, 0.25) is 0 Å². The van der Waals surface area contributed by atoms with Gasteiger partial charge >= 0.3 is 0 Å². The van der Waals surface area contributed by atoms with Crippen LogP contribution in [0.3, 0.4) is 0 Å². The summed E-state index contributed by atoms with van der Waals surface area (Å²) in [6, 6.07) is 60.9. The Morgan fingerprint density at radius 3 is 1.65 bits per heavy atom. The molecule has 0 aliphatic heterocycles. The SMILES string of the molecule is c1ccc(-c2ccc(-c3cc(-c4cccc(-c5ccc(-c6nc7ccccc7n6-c6ccccc6)cc5)c4)nc(-c4ccncc4)n3)cc2)cc1. The van der Waals surface area contributed by atoms with Gasteiger partial charge in [0.2, 0.25) is 0 Å². The number of nitrogens with zero attached hydrogens (tertiary/aromatic N) is 5. The normalized spacial score (nSPS) is 11.1. The van der Waals surface area contributed by atoms with E-state index in [4.69, 9.17) is 15.0 Å². The average Bonchev–Trinajstić information content (AvgIpc) is 3.62. The van der Waals surface area contributed by atoms with Gasteiger partial charge in [0.1, 0.15) is 5.82 Å². The Morgan fingerprint density at radius 1 is 0.353 bits per heavy atom. The van der Waals surface area contributed by atoms with E-state index in [-0.39, 0.29) is 0 Å². The third-order valence-electron chi connectivity index (χ3n) is 9.16. The second-order valence-corrected chi connectivity index (χ2v) is 12.4. The summed E-state index contributed by atoms with van der Waals surface area (Å²) >= 11 is 0. The van der Waals surface area contributed by atoms with Gasteiger partial charge < -0.3 is 0 Å². The van der Waals surface area contributed by atoms with Crippen LogP contribution in [0, 0.1) is 0 Å². The molecule has 0 spiro atoms. The molecule has 0 amide bonds. The first-order valence-electron chi connectivity index (χ1n) is 17.0. The van der Waals surface area contributed by atoms with Gasteiger partial charge in [0.05, 0.1) is 22.4 Å². The van der Waals surface area contributed by atoms with Crippen LogP contribution in [0.25, 0.3) is 84.3 Å². The van der Waals surface area contributed by atoms with Gasteiger partial charge in [-0.1, -0.05) is 127 Å². The first-order chi connectivity index (χ1) is 25.3. The lowest BCUT2D eigenvalue weighted by molar-refractivity contribution is 1.10. The summed E-state index contributed by atoms with van der Waals surface area (Å²) in [5.74, 6) is 1.57. The van der Waals surface area contributed by atoms with Crippen molar-refractivity contribution in [1.82, 2.24) is 24.5 Å². The average molecular weight is 654 g/mol. The maximum Gasteiger partial charge on any atom is 0.160 e. The van der Waals surface area contributed by atoms with Crippen molar-refractivity contribution in [3.05, 3.63) is 188 Å². The predicted molar refractivity (Wildman–Crippen MR) is 207 cm³/mol. The van der Waals surface area contributed by atoms with Crippen LogP contribution in [0.1, 0.15) is 0 Å². The van der Waals surface area contributed by atoms with E-state index in [1.54, 1.807) is 12.4 Å². The smallest absolute Gasteiger partial charge is 0.160 e. The highest BCUT2D eigenvalue weighted by atomic mass is 15.1. The second kappa shape index (κ2) is 13.1. The largest absolute Gasteiger partial charge is 0.292 e. The molecule has 0 saturated carbocycles. The lowest BCUT2D eigenvalue weighted by Gasteiger charge is -2.12. The molecule has 0 aliphatic rings. The molecule has 3 aromatic heterocycles. The Labute approximate surface area is 296 Å². The highest BCUT2D eigenvalue weighted by Crippen LogP contribution is 2.33. The molecule has 9 rings (SSSR count). The molecular weight excluding hydrogens is 623 g/mol. The Bertz CT molecular complexity index is 2600. The molecule has 0 aliphatic carbocycles. The van der Waals surface area contributed by atoms with Crippen LogP contribution in [-0.4, -0.2) is 24.5 Å². The van der Waals surface area contributed by atoms with E-state index in [1.165, 1.54) is 11.1 Å². The van der Waals surface area contributed by atoms with Gasteiger partial charge in [0.25, 0.3) is 0 Å². The van der Waals surface area contributed by atoms with E-state index in [0.717, 1.165) is 67.3 Å². The van der Waals surface area contributed by atoms with Crippen LogP contribution in [0.4, 0.5) is 0 Å². The maximum atomic E-state index is 5.06. The minimum atomic E-state index is 0.660. The lowest BCUT2D eigenvalue weighted by atomic mass is 9.99. The molecule has 5 nitrogen and oxygen atoms in total. The summed E-state index contributed by atoms with van der Waals surface area (Å²) in [4.78, 5) is 19.3. The zero-order chi connectivity index (χ0) is 34.0. The summed E-state index contributed by atoms with van der Waals surface area (Å²) in [6.45, 7) is 0. The van der Waals surface area contributed by atoms with Gasteiger partial charge in [-0.3, -0.25) is 9.55 Å². The summed E-state index contributed by atoms with van der Waals surface area (Å²) < 4.78 is 2.23. The number of rotatable bonds is 7.